The minimum atomic E-state index is -0.656. The molecule has 11 nitrogen and oxygen atoms in total. The van der Waals surface area contributed by atoms with Gasteiger partial charge in [0.05, 0.1) is 13.6 Å². The van der Waals surface area contributed by atoms with E-state index in [1.54, 1.807) is 6.08 Å². The van der Waals surface area contributed by atoms with Crippen molar-refractivity contribution in [3.8, 4) is 0 Å². The van der Waals surface area contributed by atoms with Crippen molar-refractivity contribution >= 4 is 18.0 Å². The van der Waals surface area contributed by atoms with E-state index in [-0.39, 0.29) is 31.3 Å². The first-order valence-electron chi connectivity index (χ1n) is 7.08. The zero-order valence-electron chi connectivity index (χ0n) is 13.5. The van der Waals surface area contributed by atoms with Crippen LogP contribution in [0.4, 0.5) is 11.9 Å². The van der Waals surface area contributed by atoms with Gasteiger partial charge in [0.1, 0.15) is 24.7 Å². The number of hydrogen-bond acceptors (Lipinski definition) is 7. The van der Waals surface area contributed by atoms with Gasteiger partial charge in [-0.3, -0.25) is 0 Å². The lowest BCUT2D eigenvalue weighted by Crippen LogP contribution is -2.02. The summed E-state index contributed by atoms with van der Waals surface area (Å²) in [5.41, 5.74) is 0.516. The molecule has 0 saturated heterocycles. The summed E-state index contributed by atoms with van der Waals surface area (Å²) in [4.78, 5) is 27.7. The predicted molar refractivity (Wildman–Crippen MR) is 91.8 cm³/mol. The molecule has 0 saturated carbocycles. The topological polar surface area (TPSA) is 142 Å². The van der Waals surface area contributed by atoms with Crippen molar-refractivity contribution in [3.05, 3.63) is 50.1 Å². The number of rotatable bonds is 6. The first-order valence-corrected chi connectivity index (χ1v) is 7.08. The van der Waals surface area contributed by atoms with Crippen molar-refractivity contribution in [2.75, 3.05) is 0 Å². The smallest absolute Gasteiger partial charge is 0.390 e. The van der Waals surface area contributed by atoms with Crippen molar-refractivity contribution in [1.29, 1.82) is 0 Å². The van der Waals surface area contributed by atoms with Gasteiger partial charge < -0.3 is 25.3 Å². The number of nitrogens with zero attached hydrogens (tertiary/aromatic N) is 6. The van der Waals surface area contributed by atoms with Crippen molar-refractivity contribution in [2.24, 2.45) is 7.05 Å². The molecule has 0 aromatic carbocycles. The van der Waals surface area contributed by atoms with E-state index in [4.69, 9.17) is 0 Å². The Labute approximate surface area is 144 Å². The van der Waals surface area contributed by atoms with E-state index in [1.165, 1.54) is 34.7 Å². The zero-order valence-corrected chi connectivity index (χ0v) is 13.5. The van der Waals surface area contributed by atoms with Crippen LogP contribution in [0.2, 0.25) is 0 Å². The van der Waals surface area contributed by atoms with Crippen LogP contribution in [0.25, 0.3) is 6.08 Å². The monoisotopic (exact) mass is 354 g/mol. The second kappa shape index (κ2) is 9.93. The highest BCUT2D eigenvalue weighted by molar-refractivity contribution is 5.50. The van der Waals surface area contributed by atoms with E-state index in [9.17, 15) is 25.3 Å². The van der Waals surface area contributed by atoms with Crippen LogP contribution in [0.1, 0.15) is 32.7 Å². The molecule has 0 aliphatic heterocycles. The Morgan fingerprint density at radius 2 is 1.84 bits per heavy atom. The highest BCUT2D eigenvalue weighted by atomic mass is 16.6. The molecule has 2 heterocycles. The van der Waals surface area contributed by atoms with E-state index in [2.05, 4.69) is 9.97 Å². The van der Waals surface area contributed by atoms with Gasteiger partial charge in [-0.1, -0.05) is 31.2 Å². The van der Waals surface area contributed by atoms with E-state index in [0.717, 1.165) is 0 Å². The second-order valence-corrected chi connectivity index (χ2v) is 4.26. The highest BCUT2D eigenvalue weighted by Gasteiger charge is 2.22. The predicted octanol–water partition coefficient (Wildman–Crippen LogP) is 2.30. The molecule has 2 aromatic rings. The number of aromatic nitrogens is 4. The Morgan fingerprint density at radius 3 is 2.36 bits per heavy atom. The van der Waals surface area contributed by atoms with E-state index >= 15 is 0 Å². The van der Waals surface area contributed by atoms with Crippen molar-refractivity contribution in [3.63, 3.8) is 0 Å². The number of aliphatic hydroxyl groups excluding tert-OH is 1. The van der Waals surface area contributed by atoms with Gasteiger partial charge in [0.2, 0.25) is 0 Å². The number of hydrogen-bond donors (Lipinski definition) is 1. The fourth-order valence-electron chi connectivity index (χ4n) is 1.92. The van der Waals surface area contributed by atoms with Gasteiger partial charge in [-0.2, -0.15) is 0 Å². The molecule has 0 fully saturated rings. The zero-order chi connectivity index (χ0) is 18.3. The maximum Gasteiger partial charge on any atom is 0.435 e. The fraction of sp³-hybridized carbons (Fsp3) is 0.429. The Hall–Kier alpha value is -3.08. The molecule has 11 heteroatoms. The van der Waals surface area contributed by atoms with Crippen LogP contribution in [0.3, 0.4) is 0 Å². The van der Waals surface area contributed by atoms with Crippen LogP contribution >= 0.6 is 0 Å². The van der Waals surface area contributed by atoms with Gasteiger partial charge in [-0.15, -0.1) is 0 Å². The number of nitro groups is 2. The highest BCUT2D eigenvalue weighted by Crippen LogP contribution is 2.18. The van der Waals surface area contributed by atoms with Crippen LogP contribution in [0, 0.1) is 20.2 Å². The molecule has 25 heavy (non-hydrogen) atoms. The first-order chi connectivity index (χ1) is 11.5. The average Bonchev–Trinajstić information content (AvgIpc) is 3.14. The molecular formula is C14H22N6O5. The summed E-state index contributed by atoms with van der Waals surface area (Å²) in [6.07, 6.45) is 5.75. The molecular weight excluding hydrogens is 332 g/mol. The normalized spacial score (nSPS) is 10.1. The van der Waals surface area contributed by atoms with Gasteiger partial charge in [-0.05, 0) is 22.0 Å². The Kier molecular flexibility index (Phi) is 8.70. The second-order valence-electron chi connectivity index (χ2n) is 4.26. The molecule has 1 N–H and O–H groups in total. The standard InChI is InChI=1S/C11H12N6O5.C2H6.CH4/c1-14-9(7-18)8(13-11(14)17(21)22)3-2-5-15-6-4-12-10(15)16(19)20;1-2;/h2-4,6,18H,5,7H2,1H3;1-2H3;1H4/b3-2+;;. The summed E-state index contributed by atoms with van der Waals surface area (Å²) in [5.74, 6) is -0.698. The third kappa shape index (κ3) is 4.94. The summed E-state index contributed by atoms with van der Waals surface area (Å²) in [6.45, 7) is 3.73. The first kappa shape index (κ1) is 21.9. The van der Waals surface area contributed by atoms with Gasteiger partial charge in [0, 0.05) is 0 Å². The lowest BCUT2D eigenvalue weighted by molar-refractivity contribution is -0.396. The third-order valence-electron chi connectivity index (χ3n) is 2.97. The Balaban J connectivity index is 0.00000185. The minimum absolute atomic E-state index is 0. The quantitative estimate of drug-likeness (QED) is 0.619. The van der Waals surface area contributed by atoms with Gasteiger partial charge in [0.15, 0.2) is 5.69 Å². The molecule has 2 rings (SSSR count). The molecule has 0 bridgehead atoms. The summed E-state index contributed by atoms with van der Waals surface area (Å²) >= 11 is 0. The summed E-state index contributed by atoms with van der Waals surface area (Å²) in [5, 5.41) is 30.8. The lowest BCUT2D eigenvalue weighted by Gasteiger charge is -1.97. The van der Waals surface area contributed by atoms with E-state index in [0.29, 0.717) is 0 Å². The molecule has 0 atom stereocenters. The summed E-state index contributed by atoms with van der Waals surface area (Å²) in [6, 6.07) is 0. The Bertz CT molecular complexity index is 749. The fourth-order valence-corrected chi connectivity index (χ4v) is 1.92. The average molecular weight is 354 g/mol. The van der Waals surface area contributed by atoms with Gasteiger partial charge in [0.25, 0.3) is 0 Å². The molecule has 0 spiro atoms. The minimum Gasteiger partial charge on any atom is -0.390 e. The molecule has 0 amide bonds. The number of imidazole rings is 2. The van der Waals surface area contributed by atoms with E-state index < -0.39 is 22.4 Å². The van der Waals surface area contributed by atoms with Crippen LogP contribution in [0.5, 0.6) is 0 Å². The number of aliphatic hydroxyl groups is 1. The molecule has 0 aliphatic rings. The Morgan fingerprint density at radius 1 is 1.24 bits per heavy atom. The molecule has 0 aliphatic carbocycles. The molecule has 138 valence electrons. The van der Waals surface area contributed by atoms with Crippen molar-refractivity contribution in [2.45, 2.75) is 34.4 Å². The molecule has 2 aromatic heterocycles. The number of allylic oxidation sites excluding steroid dienone is 1. The largest absolute Gasteiger partial charge is 0.435 e. The van der Waals surface area contributed by atoms with Crippen LogP contribution in [0.15, 0.2) is 18.5 Å². The van der Waals surface area contributed by atoms with Crippen LogP contribution < -0.4 is 0 Å². The summed E-state index contributed by atoms with van der Waals surface area (Å²) in [7, 11) is 1.43. The van der Waals surface area contributed by atoms with Crippen LogP contribution in [-0.2, 0) is 20.2 Å². The van der Waals surface area contributed by atoms with Crippen LogP contribution in [-0.4, -0.2) is 34.1 Å². The molecule has 0 radical (unpaired) electrons. The lowest BCUT2D eigenvalue weighted by atomic mass is 10.3. The van der Waals surface area contributed by atoms with E-state index in [1.807, 2.05) is 13.8 Å². The van der Waals surface area contributed by atoms with Gasteiger partial charge in [-0.25, -0.2) is 9.13 Å². The molecule has 0 unspecified atom stereocenters. The maximum atomic E-state index is 10.8. The third-order valence-corrected chi connectivity index (χ3v) is 2.97. The van der Waals surface area contributed by atoms with Crippen molar-refractivity contribution < 1.29 is 15.0 Å². The van der Waals surface area contributed by atoms with Gasteiger partial charge >= 0.3 is 11.9 Å². The van der Waals surface area contributed by atoms with Crippen molar-refractivity contribution in [1.82, 2.24) is 19.1 Å². The summed E-state index contributed by atoms with van der Waals surface area (Å²) < 4.78 is 2.48. The SMILES string of the molecule is C.CC.Cn1c([N+](=O)[O-])nc(/C=C/Cn2ccnc2[N+](=O)[O-])c1CO. The maximum absolute atomic E-state index is 10.8.